The van der Waals surface area contributed by atoms with Crippen LogP contribution < -0.4 is 4.72 Å². The zero-order valence-corrected chi connectivity index (χ0v) is 13.2. The van der Waals surface area contributed by atoms with E-state index in [1.807, 2.05) is 4.72 Å². The van der Waals surface area contributed by atoms with E-state index in [1.54, 1.807) is 28.8 Å². The Morgan fingerprint density at radius 3 is 2.82 bits per heavy atom. The van der Waals surface area contributed by atoms with Crippen molar-refractivity contribution in [1.29, 1.82) is 0 Å². The number of halogens is 1. The molecule has 1 amide bonds. The molecule has 3 heterocycles. The van der Waals surface area contributed by atoms with Gasteiger partial charge >= 0.3 is 0 Å². The van der Waals surface area contributed by atoms with Gasteiger partial charge in [-0.05, 0) is 28.1 Å². The van der Waals surface area contributed by atoms with Crippen LogP contribution in [0.5, 0.6) is 0 Å². The number of imidazole rings is 1. The van der Waals surface area contributed by atoms with Crippen LogP contribution in [0.2, 0.25) is 0 Å². The number of hydrogen-bond acceptors (Lipinski definition) is 6. The van der Waals surface area contributed by atoms with Crippen molar-refractivity contribution in [3.63, 3.8) is 0 Å². The molecule has 3 aromatic rings. The lowest BCUT2D eigenvalue weighted by atomic mass is 10.3. The van der Waals surface area contributed by atoms with E-state index in [1.165, 1.54) is 12.4 Å². The average molecular weight is 382 g/mol. The number of carbonyl (C=O) groups is 1. The fourth-order valence-corrected chi connectivity index (χ4v) is 3.15. The molecule has 0 aliphatic heterocycles. The molecule has 0 unspecified atom stereocenters. The Bertz CT molecular complexity index is 955. The van der Waals surface area contributed by atoms with Gasteiger partial charge in [-0.3, -0.25) is 14.2 Å². The third-order valence-electron chi connectivity index (χ3n) is 2.76. The van der Waals surface area contributed by atoms with Crippen molar-refractivity contribution in [2.45, 2.75) is 5.03 Å². The SMILES string of the molecule is O=C(NS(=O)(=O)c1cnccn1)c1nc(Br)n2ccccc12. The molecule has 10 heteroatoms. The van der Waals surface area contributed by atoms with Crippen molar-refractivity contribution in [3.05, 3.63) is 53.4 Å². The summed E-state index contributed by atoms with van der Waals surface area (Å²) >= 11 is 3.21. The molecule has 0 saturated heterocycles. The first kappa shape index (κ1) is 14.6. The molecule has 3 rings (SSSR count). The molecule has 0 aliphatic carbocycles. The van der Waals surface area contributed by atoms with Gasteiger partial charge < -0.3 is 0 Å². The lowest BCUT2D eigenvalue weighted by Crippen LogP contribution is -2.31. The van der Waals surface area contributed by atoms with Gasteiger partial charge in [0.25, 0.3) is 15.9 Å². The molecule has 0 aromatic carbocycles. The van der Waals surface area contributed by atoms with E-state index < -0.39 is 15.9 Å². The van der Waals surface area contributed by atoms with Crippen molar-refractivity contribution in [2.75, 3.05) is 0 Å². The van der Waals surface area contributed by atoms with Crippen molar-refractivity contribution in [1.82, 2.24) is 24.1 Å². The number of amides is 1. The summed E-state index contributed by atoms with van der Waals surface area (Å²) in [5, 5.41) is -0.342. The van der Waals surface area contributed by atoms with Gasteiger partial charge in [0.1, 0.15) is 0 Å². The normalized spacial score (nSPS) is 11.5. The highest BCUT2D eigenvalue weighted by atomic mass is 79.9. The average Bonchev–Trinajstić information content (AvgIpc) is 2.86. The van der Waals surface area contributed by atoms with Crippen LogP contribution in [0.25, 0.3) is 5.52 Å². The van der Waals surface area contributed by atoms with Crippen molar-refractivity contribution in [3.8, 4) is 0 Å². The van der Waals surface area contributed by atoms with Crippen LogP contribution in [0.15, 0.2) is 52.7 Å². The molecule has 0 fully saturated rings. The summed E-state index contributed by atoms with van der Waals surface area (Å²) in [4.78, 5) is 23.6. The molecule has 0 saturated carbocycles. The Kier molecular flexibility index (Phi) is 3.62. The number of nitrogens with one attached hydrogen (secondary N) is 1. The number of sulfonamides is 1. The molecule has 0 atom stereocenters. The molecule has 22 heavy (non-hydrogen) atoms. The number of rotatable bonds is 3. The van der Waals surface area contributed by atoms with E-state index in [0.717, 1.165) is 6.20 Å². The van der Waals surface area contributed by atoms with E-state index in [2.05, 4.69) is 30.9 Å². The van der Waals surface area contributed by atoms with Crippen molar-refractivity contribution in [2.24, 2.45) is 0 Å². The highest BCUT2D eigenvalue weighted by Crippen LogP contribution is 2.17. The van der Waals surface area contributed by atoms with Gasteiger partial charge in [0.05, 0.1) is 11.7 Å². The summed E-state index contributed by atoms with van der Waals surface area (Å²) in [5.74, 6) is -0.847. The molecule has 1 N–H and O–H groups in total. The maximum atomic E-state index is 12.2. The number of fused-ring (bicyclic) bond motifs is 1. The number of aromatic nitrogens is 4. The minimum absolute atomic E-state index is 0.0139. The second-order valence-corrected chi connectivity index (χ2v) is 6.50. The minimum Gasteiger partial charge on any atom is -0.294 e. The molecule has 112 valence electrons. The first-order valence-electron chi connectivity index (χ1n) is 5.95. The zero-order chi connectivity index (χ0) is 15.7. The molecule has 0 radical (unpaired) electrons. The Balaban J connectivity index is 1.98. The zero-order valence-electron chi connectivity index (χ0n) is 10.8. The van der Waals surface area contributed by atoms with Gasteiger partial charge in [0.2, 0.25) is 0 Å². The van der Waals surface area contributed by atoms with Crippen LogP contribution in [0.4, 0.5) is 0 Å². The van der Waals surface area contributed by atoms with Crippen LogP contribution in [-0.2, 0) is 10.0 Å². The van der Waals surface area contributed by atoms with Crippen LogP contribution in [0.3, 0.4) is 0 Å². The first-order chi connectivity index (χ1) is 10.5. The van der Waals surface area contributed by atoms with Crippen molar-refractivity contribution >= 4 is 37.4 Å². The van der Waals surface area contributed by atoms with E-state index in [9.17, 15) is 13.2 Å². The predicted octanol–water partition coefficient (Wildman–Crippen LogP) is 1.01. The molecule has 3 aromatic heterocycles. The molecule has 0 aliphatic rings. The van der Waals surface area contributed by atoms with Gasteiger partial charge in [0, 0.05) is 18.6 Å². The number of carbonyl (C=O) groups excluding carboxylic acids is 1. The lowest BCUT2D eigenvalue weighted by Gasteiger charge is -2.04. The predicted molar refractivity (Wildman–Crippen MR) is 79.6 cm³/mol. The van der Waals surface area contributed by atoms with Crippen LogP contribution >= 0.6 is 15.9 Å². The molecule has 8 nitrogen and oxygen atoms in total. The Morgan fingerprint density at radius 2 is 2.09 bits per heavy atom. The third-order valence-corrected chi connectivity index (χ3v) is 4.54. The highest BCUT2D eigenvalue weighted by molar-refractivity contribution is 9.10. The summed E-state index contributed by atoms with van der Waals surface area (Å²) in [6.45, 7) is 0. The van der Waals surface area contributed by atoms with E-state index in [0.29, 0.717) is 10.3 Å². The first-order valence-corrected chi connectivity index (χ1v) is 8.22. The maximum absolute atomic E-state index is 12.2. The van der Waals surface area contributed by atoms with Crippen LogP contribution in [0, 0.1) is 0 Å². The van der Waals surface area contributed by atoms with Gasteiger partial charge in [0.15, 0.2) is 15.5 Å². The topological polar surface area (TPSA) is 106 Å². The largest absolute Gasteiger partial charge is 0.294 e. The highest BCUT2D eigenvalue weighted by Gasteiger charge is 2.23. The standard InChI is InChI=1S/C12H8BrN5O3S/c13-12-16-10(8-3-1-2-6-18(8)12)11(19)17-22(20,21)9-7-14-4-5-15-9/h1-7H,(H,17,19). The fourth-order valence-electron chi connectivity index (χ4n) is 1.81. The van der Waals surface area contributed by atoms with Gasteiger partial charge in [-0.1, -0.05) is 6.07 Å². The quantitative estimate of drug-likeness (QED) is 0.725. The Labute approximate surface area is 133 Å². The number of hydrogen-bond donors (Lipinski definition) is 1. The summed E-state index contributed by atoms with van der Waals surface area (Å²) in [5.41, 5.74) is 0.459. The molecule has 0 bridgehead atoms. The lowest BCUT2D eigenvalue weighted by molar-refractivity contribution is 0.0978. The monoisotopic (exact) mass is 381 g/mol. The summed E-state index contributed by atoms with van der Waals surface area (Å²) in [6.07, 6.45) is 5.31. The van der Waals surface area contributed by atoms with Gasteiger partial charge in [-0.2, -0.15) is 8.42 Å². The summed E-state index contributed by atoms with van der Waals surface area (Å²) in [7, 11) is -4.10. The summed E-state index contributed by atoms with van der Waals surface area (Å²) < 4.78 is 28.1. The Hall–Kier alpha value is -2.33. The Morgan fingerprint density at radius 1 is 1.27 bits per heavy atom. The van der Waals surface area contributed by atoms with Gasteiger partial charge in [-0.25, -0.2) is 14.7 Å². The molecular formula is C12H8BrN5O3S. The van der Waals surface area contributed by atoms with E-state index in [4.69, 9.17) is 0 Å². The molecular weight excluding hydrogens is 374 g/mol. The van der Waals surface area contributed by atoms with E-state index in [-0.39, 0.29) is 10.7 Å². The second kappa shape index (κ2) is 5.46. The number of nitrogens with zero attached hydrogens (tertiary/aromatic N) is 4. The van der Waals surface area contributed by atoms with Crippen molar-refractivity contribution < 1.29 is 13.2 Å². The third kappa shape index (κ3) is 2.57. The fraction of sp³-hybridized carbons (Fsp3) is 0. The summed E-state index contributed by atoms with van der Waals surface area (Å²) in [6, 6.07) is 5.14. The van der Waals surface area contributed by atoms with E-state index >= 15 is 0 Å². The smallest absolute Gasteiger partial charge is 0.285 e. The van der Waals surface area contributed by atoms with Crippen LogP contribution in [0.1, 0.15) is 10.5 Å². The van der Waals surface area contributed by atoms with Crippen LogP contribution in [-0.4, -0.2) is 33.7 Å². The maximum Gasteiger partial charge on any atom is 0.285 e. The minimum atomic E-state index is -4.10. The molecule has 0 spiro atoms. The number of pyridine rings is 1. The van der Waals surface area contributed by atoms with Gasteiger partial charge in [-0.15, -0.1) is 0 Å². The second-order valence-electron chi connectivity index (χ2n) is 4.16.